The summed E-state index contributed by atoms with van der Waals surface area (Å²) in [5.41, 5.74) is 3.34. The Morgan fingerprint density at radius 1 is 1.23 bits per heavy atom. The number of rotatable bonds is 5. The van der Waals surface area contributed by atoms with E-state index in [1.54, 1.807) is 13.2 Å². The Hall–Kier alpha value is -3.50. The molecule has 30 heavy (non-hydrogen) atoms. The predicted octanol–water partition coefficient (Wildman–Crippen LogP) is 4.60. The van der Waals surface area contributed by atoms with E-state index in [0.717, 1.165) is 22.4 Å². The molecule has 1 aliphatic heterocycles. The van der Waals surface area contributed by atoms with Crippen LogP contribution in [0.1, 0.15) is 28.3 Å². The van der Waals surface area contributed by atoms with Crippen LogP contribution in [-0.2, 0) is 6.61 Å². The Labute approximate surface area is 178 Å². The Morgan fingerprint density at radius 3 is 2.70 bits per heavy atom. The lowest BCUT2D eigenvalue weighted by atomic mass is 9.79. The van der Waals surface area contributed by atoms with Crippen LogP contribution >= 0.6 is 11.6 Å². The number of aromatic amines is 1. The fraction of sp³-hybridized carbons (Fsp3) is 0.227. The topological polar surface area (TPSA) is 104 Å². The zero-order chi connectivity index (χ0) is 21.3. The average molecular weight is 423 g/mol. The highest BCUT2D eigenvalue weighted by Crippen LogP contribution is 2.44. The van der Waals surface area contributed by atoms with Gasteiger partial charge in [-0.1, -0.05) is 29.8 Å². The standard InChI is InChI=1S/C22H19ClN4O3/c1-12-19-20(16(10-24)21(25)30-22(19)27-26-12)14-5-8-17(28-2)18(9-14)29-11-13-3-6-15(23)7-4-13/h3-9,16,20,25H,11H2,1-2H3,(H,26,27). The highest BCUT2D eigenvalue weighted by Gasteiger charge is 2.40. The Bertz CT molecular complexity index is 1130. The molecule has 2 atom stereocenters. The number of halogens is 1. The Balaban J connectivity index is 1.71. The first-order chi connectivity index (χ1) is 14.5. The second-order valence-corrected chi connectivity index (χ2v) is 7.38. The molecule has 7 nitrogen and oxygen atoms in total. The fourth-order valence-electron chi connectivity index (χ4n) is 3.58. The van der Waals surface area contributed by atoms with Crippen molar-refractivity contribution >= 4 is 17.5 Å². The van der Waals surface area contributed by atoms with Gasteiger partial charge in [0.05, 0.1) is 13.2 Å². The van der Waals surface area contributed by atoms with Crippen molar-refractivity contribution in [3.63, 3.8) is 0 Å². The number of benzene rings is 2. The van der Waals surface area contributed by atoms with Gasteiger partial charge in [-0.15, -0.1) is 5.10 Å². The molecule has 0 bridgehead atoms. The Kier molecular flexibility index (Phi) is 5.34. The lowest BCUT2D eigenvalue weighted by Gasteiger charge is -2.28. The lowest BCUT2D eigenvalue weighted by molar-refractivity contribution is 0.284. The van der Waals surface area contributed by atoms with E-state index in [4.69, 9.17) is 31.2 Å². The molecule has 0 fully saturated rings. The van der Waals surface area contributed by atoms with Crippen molar-refractivity contribution < 1.29 is 14.2 Å². The van der Waals surface area contributed by atoms with Gasteiger partial charge in [-0.25, -0.2) is 0 Å². The van der Waals surface area contributed by atoms with Crippen LogP contribution in [0.2, 0.25) is 5.02 Å². The van der Waals surface area contributed by atoms with Gasteiger partial charge in [0, 0.05) is 22.2 Å². The number of methoxy groups -OCH3 is 1. The third kappa shape index (κ3) is 3.58. The van der Waals surface area contributed by atoms with Crippen LogP contribution in [0.25, 0.3) is 0 Å². The van der Waals surface area contributed by atoms with Gasteiger partial charge in [0.15, 0.2) is 11.5 Å². The summed E-state index contributed by atoms with van der Waals surface area (Å²) in [4.78, 5) is 0. The molecule has 2 heterocycles. The normalized spacial score (nSPS) is 17.6. The summed E-state index contributed by atoms with van der Waals surface area (Å²) >= 11 is 5.94. The molecular formula is C22H19ClN4O3. The zero-order valence-electron chi connectivity index (χ0n) is 16.4. The van der Waals surface area contributed by atoms with E-state index in [2.05, 4.69) is 16.3 Å². The van der Waals surface area contributed by atoms with Gasteiger partial charge in [-0.05, 0) is 42.3 Å². The van der Waals surface area contributed by atoms with Crippen molar-refractivity contribution in [3.05, 3.63) is 69.9 Å². The second kappa shape index (κ2) is 8.09. The number of fused-ring (bicyclic) bond motifs is 1. The third-order valence-electron chi connectivity index (χ3n) is 5.09. The number of hydrogen-bond donors (Lipinski definition) is 2. The predicted molar refractivity (Wildman–Crippen MR) is 111 cm³/mol. The summed E-state index contributed by atoms with van der Waals surface area (Å²) < 4.78 is 16.9. The fourth-order valence-corrected chi connectivity index (χ4v) is 3.70. The molecular weight excluding hydrogens is 404 g/mol. The van der Waals surface area contributed by atoms with E-state index in [9.17, 15) is 5.26 Å². The molecule has 0 spiro atoms. The highest BCUT2D eigenvalue weighted by molar-refractivity contribution is 6.30. The van der Waals surface area contributed by atoms with Crippen molar-refractivity contribution in [1.82, 2.24) is 10.2 Å². The van der Waals surface area contributed by atoms with Crippen LogP contribution < -0.4 is 14.2 Å². The van der Waals surface area contributed by atoms with Gasteiger partial charge in [-0.2, -0.15) is 5.26 Å². The molecule has 0 amide bonds. The Morgan fingerprint density at radius 2 is 2.00 bits per heavy atom. The van der Waals surface area contributed by atoms with E-state index in [1.165, 1.54) is 0 Å². The van der Waals surface area contributed by atoms with Crippen molar-refractivity contribution in [3.8, 4) is 23.4 Å². The number of H-pyrrole nitrogens is 1. The maximum absolute atomic E-state index is 9.72. The number of nitrogens with one attached hydrogen (secondary N) is 2. The smallest absolute Gasteiger partial charge is 0.243 e. The highest BCUT2D eigenvalue weighted by atomic mass is 35.5. The minimum absolute atomic E-state index is 0.124. The van der Waals surface area contributed by atoms with Crippen LogP contribution in [0.4, 0.5) is 0 Å². The molecule has 0 aliphatic carbocycles. The number of nitrogens with zero attached hydrogens (tertiary/aromatic N) is 2. The maximum atomic E-state index is 9.72. The van der Waals surface area contributed by atoms with Gasteiger partial charge in [-0.3, -0.25) is 10.5 Å². The molecule has 2 N–H and O–H groups in total. The molecule has 1 aromatic heterocycles. The van der Waals surface area contributed by atoms with Crippen LogP contribution in [0, 0.1) is 29.6 Å². The summed E-state index contributed by atoms with van der Waals surface area (Å²) in [6.45, 7) is 2.20. The summed E-state index contributed by atoms with van der Waals surface area (Å²) in [7, 11) is 1.57. The minimum atomic E-state index is -0.772. The SMILES string of the molecule is COc1ccc(C2c3c(n[nH]c3C)OC(=N)C2C#N)cc1OCc1ccc(Cl)cc1. The van der Waals surface area contributed by atoms with E-state index in [-0.39, 0.29) is 5.90 Å². The van der Waals surface area contributed by atoms with Crippen molar-refractivity contribution in [1.29, 1.82) is 10.7 Å². The largest absolute Gasteiger partial charge is 0.493 e. The first-order valence-electron chi connectivity index (χ1n) is 9.27. The summed E-state index contributed by atoms with van der Waals surface area (Å²) in [5, 5.41) is 25.5. The van der Waals surface area contributed by atoms with E-state index in [0.29, 0.717) is 29.0 Å². The monoisotopic (exact) mass is 422 g/mol. The summed E-state index contributed by atoms with van der Waals surface area (Å²) in [6, 6.07) is 15.1. The van der Waals surface area contributed by atoms with Crippen LogP contribution in [0.3, 0.4) is 0 Å². The van der Waals surface area contributed by atoms with Crippen molar-refractivity contribution in [2.24, 2.45) is 5.92 Å². The lowest BCUT2D eigenvalue weighted by Crippen LogP contribution is -2.31. The summed E-state index contributed by atoms with van der Waals surface area (Å²) in [5.74, 6) is 0.143. The molecule has 0 radical (unpaired) electrons. The maximum Gasteiger partial charge on any atom is 0.243 e. The number of hydrogen-bond acceptors (Lipinski definition) is 6. The van der Waals surface area contributed by atoms with E-state index < -0.39 is 11.8 Å². The first kappa shape index (κ1) is 19.8. The second-order valence-electron chi connectivity index (χ2n) is 6.94. The minimum Gasteiger partial charge on any atom is -0.493 e. The molecule has 4 rings (SSSR count). The van der Waals surface area contributed by atoms with E-state index >= 15 is 0 Å². The number of ether oxygens (including phenoxy) is 3. The molecule has 1 aliphatic rings. The number of nitriles is 1. The van der Waals surface area contributed by atoms with Crippen molar-refractivity contribution in [2.45, 2.75) is 19.4 Å². The molecule has 152 valence electrons. The molecule has 8 heteroatoms. The third-order valence-corrected chi connectivity index (χ3v) is 5.34. The molecule has 2 unspecified atom stereocenters. The molecule has 2 aromatic carbocycles. The number of aryl methyl sites for hydroxylation is 1. The van der Waals surface area contributed by atoms with Gasteiger partial charge in [0.1, 0.15) is 12.5 Å². The molecule has 0 saturated carbocycles. The van der Waals surface area contributed by atoms with Gasteiger partial charge in [0.2, 0.25) is 11.8 Å². The quantitative estimate of drug-likeness (QED) is 0.625. The van der Waals surface area contributed by atoms with Crippen LogP contribution in [0.5, 0.6) is 17.4 Å². The van der Waals surface area contributed by atoms with Gasteiger partial charge < -0.3 is 14.2 Å². The molecule has 3 aromatic rings. The average Bonchev–Trinajstić information content (AvgIpc) is 3.12. The number of aromatic nitrogens is 2. The zero-order valence-corrected chi connectivity index (χ0v) is 17.2. The van der Waals surface area contributed by atoms with Gasteiger partial charge >= 0.3 is 0 Å². The first-order valence-corrected chi connectivity index (χ1v) is 9.65. The molecule has 0 saturated heterocycles. The van der Waals surface area contributed by atoms with Crippen LogP contribution in [-0.4, -0.2) is 23.2 Å². The summed E-state index contributed by atoms with van der Waals surface area (Å²) in [6.07, 6.45) is 0. The van der Waals surface area contributed by atoms with Crippen molar-refractivity contribution in [2.75, 3.05) is 7.11 Å². The van der Waals surface area contributed by atoms with Crippen LogP contribution in [0.15, 0.2) is 42.5 Å². The van der Waals surface area contributed by atoms with Gasteiger partial charge in [0.25, 0.3) is 0 Å². The van der Waals surface area contributed by atoms with E-state index in [1.807, 2.05) is 43.3 Å².